The fourth-order valence-electron chi connectivity index (χ4n) is 1.93. The Hall–Kier alpha value is -2.30. The molecule has 4 nitrogen and oxygen atoms in total. The van der Waals surface area contributed by atoms with Gasteiger partial charge in [0.25, 0.3) is 0 Å². The van der Waals surface area contributed by atoms with Crippen LogP contribution in [-0.4, -0.2) is 11.1 Å². The Morgan fingerprint density at radius 1 is 1.19 bits per heavy atom. The molecule has 1 atom stereocenters. The van der Waals surface area contributed by atoms with Crippen LogP contribution in [-0.2, 0) is 0 Å². The molecule has 2 aromatic rings. The lowest BCUT2D eigenvalue weighted by Gasteiger charge is -2.17. The summed E-state index contributed by atoms with van der Waals surface area (Å²) in [6.45, 7) is 5.77. The molecule has 0 fully saturated rings. The Bertz CT molecular complexity index is 616. The molecule has 5 heteroatoms. The van der Waals surface area contributed by atoms with Gasteiger partial charge in [-0.25, -0.2) is 4.39 Å². The minimum atomic E-state index is -0.254. The van der Waals surface area contributed by atoms with Crippen molar-refractivity contribution in [3.63, 3.8) is 0 Å². The Morgan fingerprint density at radius 2 is 1.95 bits per heavy atom. The van der Waals surface area contributed by atoms with Crippen LogP contribution in [0.1, 0.15) is 32.4 Å². The molecule has 0 bridgehead atoms. The van der Waals surface area contributed by atoms with E-state index < -0.39 is 0 Å². The van der Waals surface area contributed by atoms with E-state index in [2.05, 4.69) is 10.3 Å². The lowest BCUT2D eigenvalue weighted by atomic mass is 10.1. The van der Waals surface area contributed by atoms with Crippen LogP contribution in [0.4, 0.5) is 15.9 Å². The average Bonchev–Trinajstić information content (AvgIpc) is 2.42. The van der Waals surface area contributed by atoms with Crippen molar-refractivity contribution >= 4 is 11.5 Å². The van der Waals surface area contributed by atoms with Crippen molar-refractivity contribution in [3.05, 3.63) is 47.8 Å². The first-order valence-electron chi connectivity index (χ1n) is 6.91. The van der Waals surface area contributed by atoms with Gasteiger partial charge in [-0.3, -0.25) is 0 Å². The maximum atomic E-state index is 13.2. The zero-order chi connectivity index (χ0) is 15.4. The molecule has 21 heavy (non-hydrogen) atoms. The Balaban J connectivity index is 2.15. The summed E-state index contributed by atoms with van der Waals surface area (Å²) in [4.78, 5) is 4.35. The summed E-state index contributed by atoms with van der Waals surface area (Å²) in [6.07, 6.45) is -0.00399. The van der Waals surface area contributed by atoms with Crippen LogP contribution in [0.3, 0.4) is 0 Å². The Morgan fingerprint density at radius 3 is 2.62 bits per heavy atom. The van der Waals surface area contributed by atoms with Gasteiger partial charge in [0, 0.05) is 0 Å². The molecule has 0 radical (unpaired) electrons. The molecule has 0 spiro atoms. The second kappa shape index (κ2) is 6.43. The van der Waals surface area contributed by atoms with Gasteiger partial charge < -0.3 is 15.8 Å². The molecule has 2 rings (SSSR count). The van der Waals surface area contributed by atoms with Crippen molar-refractivity contribution < 1.29 is 9.13 Å². The number of hydrogen-bond donors (Lipinski definition) is 2. The highest BCUT2D eigenvalue weighted by molar-refractivity contribution is 5.54. The molecular weight excluding hydrogens is 269 g/mol. The zero-order valence-corrected chi connectivity index (χ0v) is 12.4. The summed E-state index contributed by atoms with van der Waals surface area (Å²) in [7, 11) is 0. The number of hydrogen-bond acceptors (Lipinski definition) is 4. The van der Waals surface area contributed by atoms with Gasteiger partial charge >= 0.3 is 0 Å². The van der Waals surface area contributed by atoms with Crippen molar-refractivity contribution in [1.82, 2.24) is 4.98 Å². The van der Waals surface area contributed by atoms with E-state index in [4.69, 9.17) is 10.5 Å². The third-order valence-electron chi connectivity index (χ3n) is 2.95. The molecule has 0 saturated carbocycles. The number of nitrogen functional groups attached to an aromatic ring is 1. The van der Waals surface area contributed by atoms with Gasteiger partial charge in [-0.15, -0.1) is 0 Å². The number of pyridine rings is 1. The monoisotopic (exact) mass is 289 g/mol. The SMILES string of the molecule is CC(C)Oc1nc(NC(C)c2cccc(F)c2)ccc1N. The van der Waals surface area contributed by atoms with Crippen LogP contribution >= 0.6 is 0 Å². The van der Waals surface area contributed by atoms with E-state index in [-0.39, 0.29) is 18.0 Å². The van der Waals surface area contributed by atoms with E-state index in [0.717, 1.165) is 5.56 Å². The highest BCUT2D eigenvalue weighted by Crippen LogP contribution is 2.25. The van der Waals surface area contributed by atoms with Gasteiger partial charge in [0.05, 0.1) is 17.8 Å². The fourth-order valence-corrected chi connectivity index (χ4v) is 1.93. The molecule has 0 aliphatic rings. The first kappa shape index (κ1) is 15.1. The number of benzene rings is 1. The van der Waals surface area contributed by atoms with Crippen molar-refractivity contribution in [2.45, 2.75) is 32.9 Å². The number of nitrogens with one attached hydrogen (secondary N) is 1. The average molecular weight is 289 g/mol. The molecule has 0 amide bonds. The second-order valence-electron chi connectivity index (χ2n) is 5.18. The second-order valence-corrected chi connectivity index (χ2v) is 5.18. The van der Waals surface area contributed by atoms with Crippen molar-refractivity contribution in [2.24, 2.45) is 0 Å². The quantitative estimate of drug-likeness (QED) is 0.879. The predicted molar refractivity (Wildman–Crippen MR) is 82.9 cm³/mol. The Labute approximate surface area is 124 Å². The number of ether oxygens (including phenoxy) is 1. The van der Waals surface area contributed by atoms with Gasteiger partial charge in [0.15, 0.2) is 0 Å². The number of nitrogens with two attached hydrogens (primary N) is 1. The summed E-state index contributed by atoms with van der Waals surface area (Å²) in [5, 5.41) is 3.21. The number of anilines is 2. The molecular formula is C16H20FN3O. The van der Waals surface area contributed by atoms with Gasteiger partial charge in [-0.2, -0.15) is 4.98 Å². The summed E-state index contributed by atoms with van der Waals surface area (Å²) < 4.78 is 18.8. The van der Waals surface area contributed by atoms with Crippen LogP contribution in [0.2, 0.25) is 0 Å². The van der Waals surface area contributed by atoms with Crippen molar-refractivity contribution in [3.8, 4) is 5.88 Å². The number of rotatable bonds is 5. The number of nitrogens with zero attached hydrogens (tertiary/aromatic N) is 1. The molecule has 3 N–H and O–H groups in total. The van der Waals surface area contributed by atoms with Gasteiger partial charge in [-0.1, -0.05) is 12.1 Å². The van der Waals surface area contributed by atoms with Crippen LogP contribution in [0, 0.1) is 5.82 Å². The molecule has 1 aromatic heterocycles. The molecule has 112 valence electrons. The van der Waals surface area contributed by atoms with Crippen LogP contribution < -0.4 is 15.8 Å². The molecule has 1 unspecified atom stereocenters. The normalized spacial score (nSPS) is 12.2. The maximum absolute atomic E-state index is 13.2. The summed E-state index contributed by atoms with van der Waals surface area (Å²) in [6, 6.07) is 9.91. The van der Waals surface area contributed by atoms with Crippen molar-refractivity contribution in [2.75, 3.05) is 11.1 Å². The summed E-state index contributed by atoms with van der Waals surface area (Å²) in [5.74, 6) is 0.785. The molecule has 0 aliphatic carbocycles. The van der Waals surface area contributed by atoms with Gasteiger partial charge in [0.2, 0.25) is 5.88 Å². The third-order valence-corrected chi connectivity index (χ3v) is 2.95. The molecule has 0 aliphatic heterocycles. The third kappa shape index (κ3) is 4.08. The lowest BCUT2D eigenvalue weighted by molar-refractivity contribution is 0.234. The van der Waals surface area contributed by atoms with E-state index in [0.29, 0.717) is 17.4 Å². The molecule has 1 heterocycles. The maximum Gasteiger partial charge on any atom is 0.239 e. The van der Waals surface area contributed by atoms with Crippen molar-refractivity contribution in [1.29, 1.82) is 0 Å². The van der Waals surface area contributed by atoms with Gasteiger partial charge in [-0.05, 0) is 50.6 Å². The minimum Gasteiger partial charge on any atom is -0.473 e. The van der Waals surface area contributed by atoms with E-state index in [9.17, 15) is 4.39 Å². The molecule has 1 aromatic carbocycles. The fraction of sp³-hybridized carbons (Fsp3) is 0.312. The van der Waals surface area contributed by atoms with E-state index >= 15 is 0 Å². The first-order valence-corrected chi connectivity index (χ1v) is 6.91. The van der Waals surface area contributed by atoms with Crippen LogP contribution in [0.5, 0.6) is 5.88 Å². The number of halogens is 1. The van der Waals surface area contributed by atoms with Crippen LogP contribution in [0.15, 0.2) is 36.4 Å². The smallest absolute Gasteiger partial charge is 0.239 e. The standard InChI is InChI=1S/C16H20FN3O/c1-10(2)21-16-14(18)7-8-15(20-16)19-11(3)12-5-4-6-13(17)9-12/h4-11H,18H2,1-3H3,(H,19,20). The van der Waals surface area contributed by atoms with E-state index in [1.165, 1.54) is 12.1 Å². The lowest BCUT2D eigenvalue weighted by Crippen LogP contribution is -2.12. The van der Waals surface area contributed by atoms with Gasteiger partial charge in [0.1, 0.15) is 11.6 Å². The van der Waals surface area contributed by atoms with E-state index in [1.54, 1.807) is 18.2 Å². The first-order chi connectivity index (χ1) is 9.95. The van der Waals surface area contributed by atoms with Crippen LogP contribution in [0.25, 0.3) is 0 Å². The topological polar surface area (TPSA) is 60.2 Å². The van der Waals surface area contributed by atoms with E-state index in [1.807, 2.05) is 26.8 Å². The molecule has 0 saturated heterocycles. The predicted octanol–water partition coefficient (Wildman–Crippen LogP) is 3.76. The minimum absolute atomic E-state index is 0.00399. The number of aromatic nitrogens is 1. The largest absolute Gasteiger partial charge is 0.473 e. The highest BCUT2D eigenvalue weighted by Gasteiger charge is 2.10. The summed E-state index contributed by atoms with van der Waals surface area (Å²) >= 11 is 0. The highest BCUT2D eigenvalue weighted by atomic mass is 19.1. The summed E-state index contributed by atoms with van der Waals surface area (Å²) in [5.41, 5.74) is 7.18. The zero-order valence-electron chi connectivity index (χ0n) is 12.4. The Kier molecular flexibility index (Phi) is 4.62.